The van der Waals surface area contributed by atoms with Crippen LogP contribution in [0.25, 0.3) is 0 Å². The number of aryl methyl sites for hydroxylation is 1. The van der Waals surface area contributed by atoms with Crippen LogP contribution < -0.4 is 9.47 Å². The van der Waals surface area contributed by atoms with Crippen molar-refractivity contribution in [2.45, 2.75) is 19.1 Å². The van der Waals surface area contributed by atoms with Crippen LogP contribution >= 0.6 is 0 Å². The van der Waals surface area contributed by atoms with Gasteiger partial charge in [0.15, 0.2) is 17.2 Å². The number of aromatic nitrogens is 1. The van der Waals surface area contributed by atoms with E-state index >= 15 is 0 Å². The lowest BCUT2D eigenvalue weighted by atomic mass is 10.0. The zero-order valence-corrected chi connectivity index (χ0v) is 15.9. The number of benzene rings is 2. The van der Waals surface area contributed by atoms with Crippen LogP contribution in [-0.4, -0.2) is 35.8 Å². The number of carbonyl (C=O) groups excluding carboxylic acids is 1. The molecule has 1 amide bonds. The van der Waals surface area contributed by atoms with Crippen molar-refractivity contribution in [2.24, 2.45) is 0 Å². The molecule has 1 aromatic heterocycles. The summed E-state index contributed by atoms with van der Waals surface area (Å²) >= 11 is 0. The van der Waals surface area contributed by atoms with Crippen LogP contribution in [0.15, 0.2) is 59.1 Å². The first-order valence-electron chi connectivity index (χ1n) is 9.50. The minimum absolute atomic E-state index is 0.170. The molecule has 5 rings (SSSR count). The summed E-state index contributed by atoms with van der Waals surface area (Å²) in [6.07, 6.45) is -0.558. The smallest absolute Gasteiger partial charge is 0.276 e. The Balaban J connectivity index is 1.46. The molecule has 0 bridgehead atoms. The van der Waals surface area contributed by atoms with Gasteiger partial charge >= 0.3 is 0 Å². The third-order valence-electron chi connectivity index (χ3n) is 5.18. The number of rotatable bonds is 3. The van der Waals surface area contributed by atoms with Crippen LogP contribution in [0, 0.1) is 6.92 Å². The third-order valence-corrected chi connectivity index (χ3v) is 5.18. The maximum Gasteiger partial charge on any atom is 0.276 e. The molecule has 2 aromatic carbocycles. The van der Waals surface area contributed by atoms with Crippen LogP contribution in [-0.2, 0) is 4.74 Å². The van der Waals surface area contributed by atoms with Crippen molar-refractivity contribution in [1.29, 1.82) is 0 Å². The second-order valence-electron chi connectivity index (χ2n) is 7.17. The molecular weight excluding hydrogens is 372 g/mol. The second kappa shape index (κ2) is 7.25. The van der Waals surface area contributed by atoms with Crippen molar-refractivity contribution < 1.29 is 23.5 Å². The van der Waals surface area contributed by atoms with Crippen LogP contribution in [0.2, 0.25) is 0 Å². The Bertz CT molecular complexity index is 1030. The van der Waals surface area contributed by atoms with Gasteiger partial charge in [-0.3, -0.25) is 4.79 Å². The number of hydrogen-bond donors (Lipinski definition) is 0. The summed E-state index contributed by atoms with van der Waals surface area (Å²) in [7, 11) is 0. The first-order valence-corrected chi connectivity index (χ1v) is 9.50. The molecule has 3 heterocycles. The summed E-state index contributed by atoms with van der Waals surface area (Å²) in [5.74, 6) is 1.85. The molecule has 0 N–H and O–H groups in total. The van der Waals surface area contributed by atoms with Gasteiger partial charge in [-0.2, -0.15) is 0 Å². The number of carbonyl (C=O) groups is 1. The van der Waals surface area contributed by atoms with Gasteiger partial charge in [-0.15, -0.1) is 0 Å². The molecule has 2 aliphatic rings. The molecule has 0 spiro atoms. The van der Waals surface area contributed by atoms with Gasteiger partial charge in [0.05, 0.1) is 13.1 Å². The fourth-order valence-electron chi connectivity index (χ4n) is 3.70. The molecule has 148 valence electrons. The van der Waals surface area contributed by atoms with Crippen molar-refractivity contribution in [3.05, 3.63) is 77.2 Å². The highest BCUT2D eigenvalue weighted by Crippen LogP contribution is 2.38. The zero-order valence-electron chi connectivity index (χ0n) is 15.9. The molecule has 0 saturated carbocycles. The number of hydrogen-bond acceptors (Lipinski definition) is 6. The van der Waals surface area contributed by atoms with Gasteiger partial charge in [-0.25, -0.2) is 0 Å². The van der Waals surface area contributed by atoms with Crippen LogP contribution in [0.3, 0.4) is 0 Å². The van der Waals surface area contributed by atoms with Crippen molar-refractivity contribution in [2.75, 3.05) is 19.9 Å². The molecule has 29 heavy (non-hydrogen) atoms. The molecule has 0 aliphatic carbocycles. The maximum absolute atomic E-state index is 13.1. The fourth-order valence-corrected chi connectivity index (χ4v) is 3.70. The quantitative estimate of drug-likeness (QED) is 0.677. The Kier molecular flexibility index (Phi) is 4.44. The van der Waals surface area contributed by atoms with Crippen molar-refractivity contribution >= 4 is 5.91 Å². The van der Waals surface area contributed by atoms with E-state index in [1.165, 1.54) is 0 Å². The van der Waals surface area contributed by atoms with Crippen LogP contribution in [0.4, 0.5) is 0 Å². The van der Waals surface area contributed by atoms with Gasteiger partial charge in [0.25, 0.3) is 5.91 Å². The molecule has 7 heteroatoms. The monoisotopic (exact) mass is 392 g/mol. The maximum atomic E-state index is 13.1. The summed E-state index contributed by atoms with van der Waals surface area (Å²) in [6.45, 7) is 2.84. The van der Waals surface area contributed by atoms with Crippen LogP contribution in [0.1, 0.15) is 39.6 Å². The van der Waals surface area contributed by atoms with E-state index in [9.17, 15) is 4.79 Å². The van der Waals surface area contributed by atoms with Crippen molar-refractivity contribution in [3.63, 3.8) is 0 Å². The summed E-state index contributed by atoms with van der Waals surface area (Å²) in [5.41, 5.74) is 2.26. The Morgan fingerprint density at radius 3 is 2.48 bits per heavy atom. The molecule has 2 aliphatic heterocycles. The number of fused-ring (bicyclic) bond motifs is 1. The minimum atomic E-state index is -0.305. The van der Waals surface area contributed by atoms with Gasteiger partial charge in [0.2, 0.25) is 6.79 Å². The normalized spacial score (nSPS) is 20.7. The Morgan fingerprint density at radius 2 is 1.72 bits per heavy atom. The molecule has 1 fully saturated rings. The average molecular weight is 392 g/mol. The lowest BCUT2D eigenvalue weighted by Gasteiger charge is -2.38. The number of nitrogens with zero attached hydrogens (tertiary/aromatic N) is 2. The Morgan fingerprint density at radius 1 is 0.966 bits per heavy atom. The standard InChI is InChI=1S/C22H20N2O5/c1-14-9-17(23-29-14)22(25)24-11-20(15-5-3-2-4-6-15)28-21(12-24)16-7-8-18-19(10-16)27-13-26-18/h2-10,20-21H,11-13H2,1H3/t20-,21+/m0/s1. The second-order valence-corrected chi connectivity index (χ2v) is 7.17. The SMILES string of the molecule is Cc1cc(C(=O)N2C[C@@H](c3ccccc3)O[C@@H](c3ccc4c(c3)OCO4)C2)no1. The molecule has 2 atom stereocenters. The number of ether oxygens (including phenoxy) is 3. The first kappa shape index (κ1) is 17.8. The van der Waals surface area contributed by atoms with Crippen molar-refractivity contribution in [3.8, 4) is 11.5 Å². The van der Waals surface area contributed by atoms with E-state index in [1.54, 1.807) is 17.9 Å². The Hall–Kier alpha value is -3.32. The Labute approximate surface area is 167 Å². The molecule has 7 nitrogen and oxygen atoms in total. The van der Waals surface area contributed by atoms with Gasteiger partial charge < -0.3 is 23.6 Å². The highest BCUT2D eigenvalue weighted by Gasteiger charge is 2.34. The van der Waals surface area contributed by atoms with E-state index in [-0.39, 0.29) is 24.9 Å². The predicted octanol–water partition coefficient (Wildman–Crippen LogP) is 3.67. The minimum Gasteiger partial charge on any atom is -0.454 e. The summed E-state index contributed by atoms with van der Waals surface area (Å²) in [6, 6.07) is 17.3. The molecule has 0 radical (unpaired) electrons. The molecule has 1 saturated heterocycles. The van der Waals surface area contributed by atoms with E-state index in [0.29, 0.717) is 30.3 Å². The lowest BCUT2D eigenvalue weighted by molar-refractivity contribution is -0.0799. The number of morpholine rings is 1. The largest absolute Gasteiger partial charge is 0.454 e. The van der Waals surface area contributed by atoms with E-state index in [1.807, 2.05) is 48.5 Å². The van der Waals surface area contributed by atoms with E-state index in [0.717, 1.165) is 16.9 Å². The zero-order chi connectivity index (χ0) is 19.8. The van der Waals surface area contributed by atoms with Crippen LogP contribution in [0.5, 0.6) is 11.5 Å². The fraction of sp³-hybridized carbons (Fsp3) is 0.273. The molecule has 0 unspecified atom stereocenters. The van der Waals surface area contributed by atoms with E-state index in [4.69, 9.17) is 18.7 Å². The van der Waals surface area contributed by atoms with Gasteiger partial charge in [-0.1, -0.05) is 41.6 Å². The highest BCUT2D eigenvalue weighted by molar-refractivity contribution is 5.92. The van der Waals surface area contributed by atoms with Gasteiger partial charge in [0, 0.05) is 6.07 Å². The van der Waals surface area contributed by atoms with E-state index in [2.05, 4.69) is 5.16 Å². The van der Waals surface area contributed by atoms with Gasteiger partial charge in [-0.05, 0) is 30.2 Å². The van der Waals surface area contributed by atoms with Crippen molar-refractivity contribution in [1.82, 2.24) is 10.1 Å². The highest BCUT2D eigenvalue weighted by atomic mass is 16.7. The third kappa shape index (κ3) is 3.45. The molecule has 3 aromatic rings. The first-order chi connectivity index (χ1) is 14.2. The average Bonchev–Trinajstić information content (AvgIpc) is 3.41. The molecular formula is C22H20N2O5. The summed E-state index contributed by atoms with van der Waals surface area (Å²) in [4.78, 5) is 14.8. The lowest BCUT2D eigenvalue weighted by Crippen LogP contribution is -2.43. The predicted molar refractivity (Wildman–Crippen MR) is 103 cm³/mol. The van der Waals surface area contributed by atoms with E-state index < -0.39 is 0 Å². The van der Waals surface area contributed by atoms with Gasteiger partial charge in [0.1, 0.15) is 18.0 Å². The summed E-state index contributed by atoms with van der Waals surface area (Å²) < 4.78 is 22.4. The number of amides is 1. The topological polar surface area (TPSA) is 74.0 Å². The summed E-state index contributed by atoms with van der Waals surface area (Å²) in [5, 5.41) is 3.89.